The number of carbonyl (C=O) groups excluding carboxylic acids is 1. The molecule has 0 saturated heterocycles. The van der Waals surface area contributed by atoms with Crippen LogP contribution in [0.2, 0.25) is 0 Å². The second-order valence-electron chi connectivity index (χ2n) is 1.96. The first-order valence-corrected chi connectivity index (χ1v) is 5.99. The van der Waals surface area contributed by atoms with Crippen molar-refractivity contribution in [2.45, 2.75) is 0 Å². The van der Waals surface area contributed by atoms with Crippen LogP contribution in [0.3, 0.4) is 0 Å². The van der Waals surface area contributed by atoms with Crippen molar-refractivity contribution >= 4 is 29.5 Å². The molecule has 0 aliphatic heterocycles. The summed E-state index contributed by atoms with van der Waals surface area (Å²) in [5.41, 5.74) is 0.0141. The summed E-state index contributed by atoms with van der Waals surface area (Å²) in [6.45, 7) is -0.111. The fraction of sp³-hybridized carbons (Fsp3) is 0.333. The van der Waals surface area contributed by atoms with Gasteiger partial charge in [-0.05, 0) is 12.5 Å². The van der Waals surface area contributed by atoms with Crippen molar-refractivity contribution in [1.82, 2.24) is 0 Å². The fourth-order valence-corrected chi connectivity index (χ4v) is 1.97. The average molecular weight is 227 g/mol. The minimum Gasteiger partial charge on any atom is -0.448 e. The molecule has 0 radical (unpaired) electrons. The van der Waals surface area contributed by atoms with Gasteiger partial charge >= 0.3 is 5.97 Å². The van der Waals surface area contributed by atoms with Gasteiger partial charge in [-0.15, -0.1) is 29.9 Å². The van der Waals surface area contributed by atoms with Gasteiger partial charge in [0.05, 0.1) is 4.24 Å². The molecule has 0 N–H and O–H groups in total. The van der Waals surface area contributed by atoms with E-state index >= 15 is 0 Å². The quantitative estimate of drug-likeness (QED) is 0.316. The number of ether oxygens (including phenoxy) is 1. The first-order chi connectivity index (χ1) is 6.71. The van der Waals surface area contributed by atoms with E-state index in [0.717, 1.165) is 0 Å². The van der Waals surface area contributed by atoms with Crippen molar-refractivity contribution in [2.75, 3.05) is 19.1 Å². The molecule has 0 aliphatic carbocycles. The van der Waals surface area contributed by atoms with Gasteiger partial charge in [-0.3, -0.25) is 0 Å². The van der Waals surface area contributed by atoms with E-state index < -0.39 is 5.97 Å². The van der Waals surface area contributed by atoms with Crippen molar-refractivity contribution in [3.63, 3.8) is 0 Å². The average Bonchev–Trinajstić information content (AvgIpc) is 2.22. The first-order valence-electron chi connectivity index (χ1n) is 3.54. The molecule has 14 heavy (non-hydrogen) atoms. The Kier molecular flexibility index (Phi) is 6.82. The Balaban J connectivity index is 4.74. The summed E-state index contributed by atoms with van der Waals surface area (Å²) in [6, 6.07) is 1.81. The monoisotopic (exact) mass is 227 g/mol. The largest absolute Gasteiger partial charge is 0.448 e. The van der Waals surface area contributed by atoms with Crippen LogP contribution in [0.4, 0.5) is 0 Å². The van der Waals surface area contributed by atoms with Gasteiger partial charge in [0.2, 0.25) is 0 Å². The third kappa shape index (κ3) is 3.78. The van der Waals surface area contributed by atoms with Crippen molar-refractivity contribution in [3.8, 4) is 18.4 Å². The smallest absolute Gasteiger partial charge is 0.351 e. The highest BCUT2D eigenvalue weighted by molar-refractivity contribution is 8.21. The lowest BCUT2D eigenvalue weighted by Gasteiger charge is -2.03. The molecule has 0 unspecified atom stereocenters. The summed E-state index contributed by atoms with van der Waals surface area (Å²) in [6.07, 6.45) is 8.50. The molecule has 0 aromatic carbocycles. The molecule has 0 rings (SSSR count). The Hall–Kier alpha value is -1.04. The zero-order valence-corrected chi connectivity index (χ0v) is 9.50. The predicted molar refractivity (Wildman–Crippen MR) is 59.5 cm³/mol. The predicted octanol–water partition coefficient (Wildman–Crippen LogP) is 1.62. The molecule has 74 valence electrons. The van der Waals surface area contributed by atoms with E-state index in [2.05, 4.69) is 10.7 Å². The van der Waals surface area contributed by atoms with Gasteiger partial charge in [-0.2, -0.15) is 5.26 Å². The van der Waals surface area contributed by atoms with E-state index in [1.165, 1.54) is 23.5 Å². The van der Waals surface area contributed by atoms with Gasteiger partial charge in [0.25, 0.3) is 0 Å². The van der Waals surface area contributed by atoms with Crippen LogP contribution >= 0.6 is 23.5 Å². The molecule has 0 amide bonds. The van der Waals surface area contributed by atoms with E-state index in [-0.39, 0.29) is 12.2 Å². The van der Waals surface area contributed by atoms with Crippen LogP contribution in [-0.2, 0) is 9.53 Å². The number of carbonyl (C=O) groups is 1. The Morgan fingerprint density at radius 1 is 1.50 bits per heavy atom. The van der Waals surface area contributed by atoms with Crippen LogP contribution in [0, 0.1) is 23.7 Å². The molecule has 5 heteroatoms. The van der Waals surface area contributed by atoms with E-state index in [4.69, 9.17) is 11.7 Å². The minimum atomic E-state index is -0.663. The maximum absolute atomic E-state index is 11.3. The Morgan fingerprint density at radius 2 is 2.07 bits per heavy atom. The number of nitriles is 1. The summed E-state index contributed by atoms with van der Waals surface area (Å²) in [5.74, 6) is 1.50. The molecular weight excluding hydrogens is 218 g/mol. The molecule has 0 aliphatic rings. The number of nitrogens with zero attached hydrogens (tertiary/aromatic N) is 1. The highest BCUT2D eigenvalue weighted by atomic mass is 32.2. The first kappa shape index (κ1) is 13.0. The Morgan fingerprint density at radius 3 is 2.43 bits per heavy atom. The second-order valence-corrected chi connectivity index (χ2v) is 3.85. The molecule has 0 aromatic rings. The highest BCUT2D eigenvalue weighted by Crippen LogP contribution is 2.27. The normalized spacial score (nSPS) is 8.29. The number of hydrogen-bond acceptors (Lipinski definition) is 5. The SMILES string of the molecule is C#CCOC(=O)C(C#N)=C(SC)SC. The zero-order valence-electron chi connectivity index (χ0n) is 7.86. The minimum absolute atomic E-state index is 0.0141. The number of thioether (sulfide) groups is 2. The van der Waals surface area contributed by atoms with Crippen molar-refractivity contribution < 1.29 is 9.53 Å². The number of rotatable bonds is 4. The maximum atomic E-state index is 11.3. The fourth-order valence-electron chi connectivity index (χ4n) is 0.641. The molecule has 0 aromatic heterocycles. The van der Waals surface area contributed by atoms with E-state index in [9.17, 15) is 4.79 Å². The summed E-state index contributed by atoms with van der Waals surface area (Å²) in [7, 11) is 0. The summed E-state index contributed by atoms with van der Waals surface area (Å²) in [5, 5.41) is 8.74. The molecule has 0 atom stereocenters. The van der Waals surface area contributed by atoms with Gasteiger partial charge in [0.15, 0.2) is 12.2 Å². The van der Waals surface area contributed by atoms with E-state index in [0.29, 0.717) is 4.24 Å². The van der Waals surface area contributed by atoms with Crippen LogP contribution in [0.1, 0.15) is 0 Å². The number of esters is 1. The van der Waals surface area contributed by atoms with Gasteiger partial charge in [0.1, 0.15) is 6.07 Å². The third-order valence-corrected chi connectivity index (χ3v) is 3.33. The lowest BCUT2D eigenvalue weighted by atomic mass is 10.3. The van der Waals surface area contributed by atoms with Crippen molar-refractivity contribution in [3.05, 3.63) is 9.81 Å². The van der Waals surface area contributed by atoms with E-state index in [1.54, 1.807) is 12.5 Å². The molecule has 0 bridgehead atoms. The third-order valence-electron chi connectivity index (χ3n) is 1.18. The lowest BCUT2D eigenvalue weighted by molar-refractivity contribution is -0.137. The topological polar surface area (TPSA) is 50.1 Å². The lowest BCUT2D eigenvalue weighted by Crippen LogP contribution is -2.08. The van der Waals surface area contributed by atoms with Crippen LogP contribution < -0.4 is 0 Å². The van der Waals surface area contributed by atoms with Crippen LogP contribution in [0.25, 0.3) is 0 Å². The van der Waals surface area contributed by atoms with Gasteiger partial charge in [-0.25, -0.2) is 4.79 Å². The number of terminal acetylenes is 1. The Bertz CT molecular complexity index is 317. The zero-order chi connectivity index (χ0) is 11.0. The molecule has 0 fully saturated rings. The molecule has 3 nitrogen and oxygen atoms in total. The summed E-state index contributed by atoms with van der Waals surface area (Å²) in [4.78, 5) is 11.3. The Labute approximate surface area is 91.9 Å². The highest BCUT2D eigenvalue weighted by Gasteiger charge is 2.15. The van der Waals surface area contributed by atoms with Crippen molar-refractivity contribution in [2.24, 2.45) is 0 Å². The maximum Gasteiger partial charge on any atom is 0.351 e. The molecular formula is C9H9NO2S2. The van der Waals surface area contributed by atoms with E-state index in [1.807, 2.05) is 6.07 Å². The number of hydrogen-bond donors (Lipinski definition) is 0. The summed E-state index contributed by atoms with van der Waals surface area (Å²) < 4.78 is 5.28. The van der Waals surface area contributed by atoms with Crippen LogP contribution in [0.5, 0.6) is 0 Å². The molecule has 0 saturated carbocycles. The van der Waals surface area contributed by atoms with Crippen LogP contribution in [0.15, 0.2) is 9.81 Å². The van der Waals surface area contributed by atoms with Gasteiger partial charge in [-0.1, -0.05) is 5.92 Å². The molecule has 0 heterocycles. The van der Waals surface area contributed by atoms with Gasteiger partial charge in [0, 0.05) is 0 Å². The second kappa shape index (κ2) is 7.37. The standard InChI is InChI=1S/C9H9NO2S2/c1-4-5-12-8(11)7(6-10)9(13-2)14-3/h1H,5H2,2-3H3. The van der Waals surface area contributed by atoms with Crippen molar-refractivity contribution in [1.29, 1.82) is 5.26 Å². The van der Waals surface area contributed by atoms with Gasteiger partial charge < -0.3 is 4.74 Å². The van der Waals surface area contributed by atoms with Crippen LogP contribution in [-0.4, -0.2) is 25.1 Å². The molecule has 0 spiro atoms. The summed E-state index contributed by atoms with van der Waals surface area (Å²) >= 11 is 2.66.